The second-order valence-corrected chi connectivity index (χ2v) is 5.82. The Morgan fingerprint density at radius 1 is 1.23 bits per heavy atom. The van der Waals surface area contributed by atoms with Gasteiger partial charge in [-0.05, 0) is 36.6 Å². The number of rotatable bonds is 3. The molecule has 0 saturated heterocycles. The van der Waals surface area contributed by atoms with Crippen LogP contribution < -0.4 is 5.32 Å². The van der Waals surface area contributed by atoms with Crippen molar-refractivity contribution in [3.8, 4) is 11.1 Å². The number of aromatic amines is 1. The van der Waals surface area contributed by atoms with E-state index in [0.717, 1.165) is 47.7 Å². The molecule has 2 N–H and O–H groups in total. The Morgan fingerprint density at radius 3 is 2.86 bits per heavy atom. The Hall–Kier alpha value is -2.56. The summed E-state index contributed by atoms with van der Waals surface area (Å²) < 4.78 is 5.11. The number of benzene rings is 1. The number of H-pyrrole nitrogens is 1. The van der Waals surface area contributed by atoms with Crippen molar-refractivity contribution >= 4 is 22.6 Å². The molecule has 0 unspecified atom stereocenters. The van der Waals surface area contributed by atoms with E-state index in [9.17, 15) is 4.79 Å². The van der Waals surface area contributed by atoms with Gasteiger partial charge in [0.15, 0.2) is 5.82 Å². The molecule has 2 aromatic heterocycles. The second kappa shape index (κ2) is 5.33. The SMILES string of the molecule is O=C(Nc1n[nH]c2cc(-c3ccoc3)ccc12)C1CCCC1. The first kappa shape index (κ1) is 13.1. The minimum Gasteiger partial charge on any atom is -0.472 e. The van der Waals surface area contributed by atoms with Crippen LogP contribution in [0.2, 0.25) is 0 Å². The van der Waals surface area contributed by atoms with Gasteiger partial charge >= 0.3 is 0 Å². The number of furan rings is 1. The van der Waals surface area contributed by atoms with Crippen LogP contribution in [0.4, 0.5) is 5.82 Å². The topological polar surface area (TPSA) is 70.9 Å². The van der Waals surface area contributed by atoms with Crippen LogP contribution >= 0.6 is 0 Å². The van der Waals surface area contributed by atoms with Gasteiger partial charge in [-0.25, -0.2) is 0 Å². The summed E-state index contributed by atoms with van der Waals surface area (Å²) in [6.07, 6.45) is 7.62. The molecular weight excluding hydrogens is 278 g/mol. The van der Waals surface area contributed by atoms with Gasteiger partial charge in [-0.1, -0.05) is 18.9 Å². The third-order valence-electron chi connectivity index (χ3n) is 4.38. The highest BCUT2D eigenvalue weighted by atomic mass is 16.3. The maximum Gasteiger partial charge on any atom is 0.228 e. The van der Waals surface area contributed by atoms with E-state index in [0.29, 0.717) is 5.82 Å². The van der Waals surface area contributed by atoms with Crippen molar-refractivity contribution in [2.75, 3.05) is 5.32 Å². The predicted octanol–water partition coefficient (Wildman–Crippen LogP) is 3.95. The summed E-state index contributed by atoms with van der Waals surface area (Å²) in [4.78, 5) is 12.2. The summed E-state index contributed by atoms with van der Waals surface area (Å²) >= 11 is 0. The summed E-state index contributed by atoms with van der Waals surface area (Å²) in [5.74, 6) is 0.840. The van der Waals surface area contributed by atoms with Crippen molar-refractivity contribution in [3.05, 3.63) is 36.8 Å². The normalized spacial score (nSPS) is 15.5. The maximum atomic E-state index is 12.2. The van der Waals surface area contributed by atoms with Gasteiger partial charge in [-0.2, -0.15) is 5.10 Å². The van der Waals surface area contributed by atoms with Crippen LogP contribution in [0.3, 0.4) is 0 Å². The van der Waals surface area contributed by atoms with E-state index in [1.165, 1.54) is 0 Å². The molecular formula is C17H17N3O2. The third kappa shape index (κ3) is 2.28. The van der Waals surface area contributed by atoms with Crippen LogP contribution in [0.15, 0.2) is 41.2 Å². The number of anilines is 1. The van der Waals surface area contributed by atoms with Crippen LogP contribution in [0.1, 0.15) is 25.7 Å². The number of hydrogen-bond donors (Lipinski definition) is 2. The summed E-state index contributed by atoms with van der Waals surface area (Å²) in [5.41, 5.74) is 2.98. The molecule has 0 aliphatic heterocycles. The van der Waals surface area contributed by atoms with Gasteiger partial charge in [0.05, 0.1) is 18.0 Å². The first-order chi connectivity index (χ1) is 10.8. The van der Waals surface area contributed by atoms with Gasteiger partial charge in [0, 0.05) is 16.9 Å². The largest absolute Gasteiger partial charge is 0.472 e. The standard InChI is InChI=1S/C17H17N3O2/c21-17(11-3-1-2-4-11)18-16-14-6-5-12(9-15(14)19-20-16)13-7-8-22-10-13/h5-11H,1-4H2,(H2,18,19,20,21). The zero-order valence-corrected chi connectivity index (χ0v) is 12.1. The highest BCUT2D eigenvalue weighted by Gasteiger charge is 2.23. The van der Waals surface area contributed by atoms with E-state index in [2.05, 4.69) is 15.5 Å². The van der Waals surface area contributed by atoms with E-state index in [1.807, 2.05) is 24.3 Å². The monoisotopic (exact) mass is 295 g/mol. The van der Waals surface area contributed by atoms with Crippen LogP contribution in [0.25, 0.3) is 22.0 Å². The van der Waals surface area contributed by atoms with Crippen LogP contribution in [-0.2, 0) is 4.79 Å². The molecule has 0 bridgehead atoms. The van der Waals surface area contributed by atoms with E-state index in [1.54, 1.807) is 12.5 Å². The Morgan fingerprint density at radius 2 is 2.09 bits per heavy atom. The molecule has 5 nitrogen and oxygen atoms in total. The lowest BCUT2D eigenvalue weighted by Gasteiger charge is -2.08. The molecule has 0 atom stereocenters. The molecule has 4 rings (SSSR count). The molecule has 1 aromatic carbocycles. The summed E-state index contributed by atoms with van der Waals surface area (Å²) in [6, 6.07) is 7.91. The molecule has 5 heteroatoms. The summed E-state index contributed by atoms with van der Waals surface area (Å²) in [7, 11) is 0. The number of carbonyl (C=O) groups is 1. The van der Waals surface area contributed by atoms with Crippen molar-refractivity contribution in [2.45, 2.75) is 25.7 Å². The molecule has 1 fully saturated rings. The lowest BCUT2D eigenvalue weighted by Crippen LogP contribution is -2.20. The second-order valence-electron chi connectivity index (χ2n) is 5.82. The minimum atomic E-state index is 0.0878. The summed E-state index contributed by atoms with van der Waals surface area (Å²) in [6.45, 7) is 0. The number of fused-ring (bicyclic) bond motifs is 1. The van der Waals surface area contributed by atoms with Crippen molar-refractivity contribution < 1.29 is 9.21 Å². The molecule has 2 heterocycles. The van der Waals surface area contributed by atoms with Crippen LogP contribution in [-0.4, -0.2) is 16.1 Å². The smallest absolute Gasteiger partial charge is 0.228 e. The molecule has 1 saturated carbocycles. The average molecular weight is 295 g/mol. The van der Waals surface area contributed by atoms with Crippen molar-refractivity contribution in [3.63, 3.8) is 0 Å². The number of carbonyl (C=O) groups excluding carboxylic acids is 1. The van der Waals surface area contributed by atoms with Gasteiger partial charge in [0.25, 0.3) is 0 Å². The van der Waals surface area contributed by atoms with E-state index in [4.69, 9.17) is 4.42 Å². The molecule has 1 amide bonds. The number of aromatic nitrogens is 2. The first-order valence-corrected chi connectivity index (χ1v) is 7.63. The summed E-state index contributed by atoms with van der Waals surface area (Å²) in [5, 5.41) is 11.1. The quantitative estimate of drug-likeness (QED) is 0.768. The fourth-order valence-electron chi connectivity index (χ4n) is 3.13. The number of hydrogen-bond acceptors (Lipinski definition) is 3. The third-order valence-corrected chi connectivity index (χ3v) is 4.38. The fraction of sp³-hybridized carbons (Fsp3) is 0.294. The zero-order chi connectivity index (χ0) is 14.9. The number of amides is 1. The van der Waals surface area contributed by atoms with E-state index in [-0.39, 0.29) is 11.8 Å². The fourth-order valence-corrected chi connectivity index (χ4v) is 3.13. The zero-order valence-electron chi connectivity index (χ0n) is 12.1. The van der Waals surface area contributed by atoms with E-state index >= 15 is 0 Å². The van der Waals surface area contributed by atoms with Gasteiger partial charge in [0.1, 0.15) is 0 Å². The number of nitrogens with one attached hydrogen (secondary N) is 2. The highest BCUT2D eigenvalue weighted by molar-refractivity contribution is 6.01. The number of nitrogens with zero attached hydrogens (tertiary/aromatic N) is 1. The van der Waals surface area contributed by atoms with Crippen LogP contribution in [0.5, 0.6) is 0 Å². The van der Waals surface area contributed by atoms with Crippen molar-refractivity contribution in [2.24, 2.45) is 5.92 Å². The van der Waals surface area contributed by atoms with Gasteiger partial charge in [-0.3, -0.25) is 9.89 Å². The van der Waals surface area contributed by atoms with Gasteiger partial charge in [-0.15, -0.1) is 0 Å². The Labute approximate surface area is 127 Å². The molecule has 1 aliphatic rings. The van der Waals surface area contributed by atoms with Crippen molar-refractivity contribution in [1.29, 1.82) is 0 Å². The van der Waals surface area contributed by atoms with Gasteiger partial charge in [0.2, 0.25) is 5.91 Å². The molecule has 0 spiro atoms. The lowest BCUT2D eigenvalue weighted by molar-refractivity contribution is -0.119. The Balaban J connectivity index is 1.61. The molecule has 3 aromatic rings. The maximum absolute atomic E-state index is 12.2. The molecule has 22 heavy (non-hydrogen) atoms. The predicted molar refractivity (Wildman–Crippen MR) is 84.4 cm³/mol. The molecule has 0 radical (unpaired) electrons. The highest BCUT2D eigenvalue weighted by Crippen LogP contribution is 2.29. The Bertz CT molecular complexity index is 799. The average Bonchev–Trinajstić information content (AvgIpc) is 3.29. The Kier molecular flexibility index (Phi) is 3.18. The van der Waals surface area contributed by atoms with Crippen LogP contribution in [0, 0.1) is 5.92 Å². The van der Waals surface area contributed by atoms with Gasteiger partial charge < -0.3 is 9.73 Å². The minimum absolute atomic E-state index is 0.0878. The van der Waals surface area contributed by atoms with E-state index < -0.39 is 0 Å². The van der Waals surface area contributed by atoms with Crippen molar-refractivity contribution in [1.82, 2.24) is 10.2 Å². The first-order valence-electron chi connectivity index (χ1n) is 7.63. The molecule has 112 valence electrons. The molecule has 1 aliphatic carbocycles. The lowest BCUT2D eigenvalue weighted by atomic mass is 10.1.